The van der Waals surface area contributed by atoms with Crippen LogP contribution in [0.25, 0.3) is 6.08 Å². The Morgan fingerprint density at radius 2 is 1.51 bits per heavy atom. The average molecular weight is 501 g/mol. The van der Waals surface area contributed by atoms with Crippen molar-refractivity contribution in [1.29, 1.82) is 0 Å². The summed E-state index contributed by atoms with van der Waals surface area (Å²) in [6.45, 7) is 1.84. The number of urea groups is 1. The van der Waals surface area contributed by atoms with Crippen LogP contribution in [0.1, 0.15) is 55.2 Å². The lowest BCUT2D eigenvalue weighted by Gasteiger charge is -2.57. The summed E-state index contributed by atoms with van der Waals surface area (Å²) in [6.07, 6.45) is 9.32. The Morgan fingerprint density at radius 1 is 0.892 bits per heavy atom. The first kappa shape index (κ1) is 23.8. The minimum Gasteiger partial charge on any atom is -0.496 e. The van der Waals surface area contributed by atoms with Gasteiger partial charge in [0.25, 0.3) is 11.8 Å². The third-order valence-electron chi connectivity index (χ3n) is 8.99. The van der Waals surface area contributed by atoms with E-state index in [0.717, 1.165) is 28.2 Å². The second-order valence-corrected chi connectivity index (χ2v) is 11.2. The van der Waals surface area contributed by atoms with Crippen molar-refractivity contribution in [2.45, 2.75) is 50.9 Å². The predicted molar refractivity (Wildman–Crippen MR) is 140 cm³/mol. The largest absolute Gasteiger partial charge is 0.496 e. The lowest BCUT2D eigenvalue weighted by Crippen LogP contribution is -2.54. The van der Waals surface area contributed by atoms with Gasteiger partial charge in [0.05, 0.1) is 19.9 Å². The molecule has 37 heavy (non-hydrogen) atoms. The third kappa shape index (κ3) is 3.83. The number of barbiturate groups is 1. The van der Waals surface area contributed by atoms with Crippen LogP contribution >= 0.6 is 0 Å². The molecule has 2 aromatic rings. The third-order valence-corrected chi connectivity index (χ3v) is 8.99. The molecule has 0 aromatic heterocycles. The second kappa shape index (κ2) is 8.75. The number of carbonyl (C=O) groups is 3. The molecule has 0 radical (unpaired) electrons. The number of amides is 4. The van der Waals surface area contributed by atoms with Gasteiger partial charge in [0.15, 0.2) is 0 Å². The highest BCUT2D eigenvalue weighted by Gasteiger charge is 2.51. The van der Waals surface area contributed by atoms with E-state index < -0.39 is 17.8 Å². The SMILES string of the molecule is COc1ccc(/C=C2\C(=O)NC(=O)N(c3ccc(C45CC6CC(CC(C6)C4)C5)cc3)C2=O)c(OC)c1C. The van der Waals surface area contributed by atoms with E-state index in [1.54, 1.807) is 19.2 Å². The molecule has 7 nitrogen and oxygen atoms in total. The molecule has 1 saturated heterocycles. The zero-order valence-corrected chi connectivity index (χ0v) is 21.5. The van der Waals surface area contributed by atoms with Crippen LogP contribution in [0.5, 0.6) is 11.5 Å². The highest BCUT2D eigenvalue weighted by molar-refractivity contribution is 6.39. The zero-order chi connectivity index (χ0) is 25.9. The van der Waals surface area contributed by atoms with Crippen LogP contribution in [0, 0.1) is 24.7 Å². The summed E-state index contributed by atoms with van der Waals surface area (Å²) in [7, 11) is 3.09. The van der Waals surface area contributed by atoms with Crippen LogP contribution in [0.2, 0.25) is 0 Å². The predicted octanol–water partition coefficient (Wildman–Crippen LogP) is 5.15. The van der Waals surface area contributed by atoms with Crippen LogP contribution in [-0.4, -0.2) is 32.1 Å². The number of anilines is 1. The standard InChI is InChI=1S/C30H32N2O5/c1-17-25(36-2)9-4-21(26(17)37-3)13-24-27(33)31-29(35)32(28(24)34)23-7-5-22(6-8-23)30-14-18-10-19(15-30)12-20(11-18)16-30/h4-9,13,18-20H,10-12,14-16H2,1-3H3,(H,31,33,35)/b24-13+. The van der Waals surface area contributed by atoms with Gasteiger partial charge in [-0.15, -0.1) is 0 Å². The van der Waals surface area contributed by atoms with E-state index in [0.29, 0.717) is 22.7 Å². The first-order valence-corrected chi connectivity index (χ1v) is 13.1. The van der Waals surface area contributed by atoms with Crippen LogP contribution in [0.3, 0.4) is 0 Å². The molecule has 5 fully saturated rings. The smallest absolute Gasteiger partial charge is 0.335 e. The summed E-state index contributed by atoms with van der Waals surface area (Å²) in [6, 6.07) is 10.6. The van der Waals surface area contributed by atoms with Crippen molar-refractivity contribution in [2.75, 3.05) is 19.1 Å². The minimum absolute atomic E-state index is 0.132. The van der Waals surface area contributed by atoms with Gasteiger partial charge in [-0.05, 0) is 105 Å². The Kier molecular flexibility index (Phi) is 5.62. The van der Waals surface area contributed by atoms with Crippen molar-refractivity contribution < 1.29 is 23.9 Å². The number of benzene rings is 2. The van der Waals surface area contributed by atoms with Gasteiger partial charge in [0.1, 0.15) is 17.1 Å². The maximum atomic E-state index is 13.5. The van der Waals surface area contributed by atoms with Crippen LogP contribution in [0.15, 0.2) is 42.0 Å². The number of nitrogens with zero attached hydrogens (tertiary/aromatic N) is 1. The van der Waals surface area contributed by atoms with Crippen molar-refractivity contribution in [3.05, 3.63) is 58.7 Å². The van der Waals surface area contributed by atoms with E-state index in [2.05, 4.69) is 17.4 Å². The molecular weight excluding hydrogens is 468 g/mol. The molecule has 0 atom stereocenters. The minimum atomic E-state index is -0.743. The lowest BCUT2D eigenvalue weighted by atomic mass is 9.48. The average Bonchev–Trinajstić information content (AvgIpc) is 2.86. The molecule has 4 aliphatic carbocycles. The van der Waals surface area contributed by atoms with E-state index in [1.165, 1.54) is 57.3 Å². The fourth-order valence-electron chi connectivity index (χ4n) is 7.78. The molecule has 1 heterocycles. The number of methoxy groups -OCH3 is 2. The zero-order valence-electron chi connectivity index (χ0n) is 21.5. The molecule has 4 bridgehead atoms. The summed E-state index contributed by atoms with van der Waals surface area (Å²) < 4.78 is 10.9. The van der Waals surface area contributed by atoms with Crippen molar-refractivity contribution in [3.63, 3.8) is 0 Å². The van der Waals surface area contributed by atoms with Crippen molar-refractivity contribution in [2.24, 2.45) is 17.8 Å². The van der Waals surface area contributed by atoms with Gasteiger partial charge in [-0.2, -0.15) is 0 Å². The summed E-state index contributed by atoms with van der Waals surface area (Å²) in [5, 5.41) is 2.32. The molecule has 0 spiro atoms. The summed E-state index contributed by atoms with van der Waals surface area (Å²) >= 11 is 0. The fraction of sp³-hybridized carbons (Fsp3) is 0.433. The first-order chi connectivity index (χ1) is 17.8. The monoisotopic (exact) mass is 500 g/mol. The van der Waals surface area contributed by atoms with E-state index in [-0.39, 0.29) is 11.0 Å². The maximum absolute atomic E-state index is 13.5. The number of carbonyl (C=O) groups excluding carboxylic acids is 3. The van der Waals surface area contributed by atoms with Gasteiger partial charge in [-0.1, -0.05) is 12.1 Å². The van der Waals surface area contributed by atoms with Gasteiger partial charge in [-0.25, -0.2) is 9.69 Å². The Morgan fingerprint density at radius 3 is 2.08 bits per heavy atom. The number of ether oxygens (including phenoxy) is 2. The summed E-state index contributed by atoms with van der Waals surface area (Å²) in [5.74, 6) is 2.23. The molecule has 4 amide bonds. The first-order valence-electron chi connectivity index (χ1n) is 13.1. The number of imide groups is 2. The molecule has 2 aromatic carbocycles. The topological polar surface area (TPSA) is 84.9 Å². The van der Waals surface area contributed by atoms with Crippen LogP contribution in [0.4, 0.5) is 10.5 Å². The Labute approximate surface area is 216 Å². The molecule has 7 rings (SSSR count). The second-order valence-electron chi connectivity index (χ2n) is 11.2. The number of rotatable bonds is 5. The van der Waals surface area contributed by atoms with Gasteiger partial charge in [0, 0.05) is 11.1 Å². The van der Waals surface area contributed by atoms with E-state index in [9.17, 15) is 14.4 Å². The van der Waals surface area contributed by atoms with Gasteiger partial charge >= 0.3 is 6.03 Å². The Balaban J connectivity index is 1.31. The molecule has 192 valence electrons. The molecule has 5 aliphatic rings. The van der Waals surface area contributed by atoms with Crippen molar-refractivity contribution in [3.8, 4) is 11.5 Å². The van der Waals surface area contributed by atoms with E-state index in [4.69, 9.17) is 9.47 Å². The van der Waals surface area contributed by atoms with Crippen molar-refractivity contribution >= 4 is 29.6 Å². The normalized spacial score (nSPS) is 29.6. The molecule has 7 heteroatoms. The van der Waals surface area contributed by atoms with Crippen LogP contribution in [-0.2, 0) is 15.0 Å². The van der Waals surface area contributed by atoms with E-state index in [1.807, 2.05) is 19.1 Å². The van der Waals surface area contributed by atoms with Crippen LogP contribution < -0.4 is 19.7 Å². The van der Waals surface area contributed by atoms with Crippen molar-refractivity contribution in [1.82, 2.24) is 5.32 Å². The number of nitrogens with one attached hydrogen (secondary N) is 1. The molecule has 4 saturated carbocycles. The summed E-state index contributed by atoms with van der Waals surface area (Å²) in [5.41, 5.74) is 3.15. The number of hydrogen-bond acceptors (Lipinski definition) is 5. The lowest BCUT2D eigenvalue weighted by molar-refractivity contribution is -0.122. The quantitative estimate of drug-likeness (QED) is 0.454. The van der Waals surface area contributed by atoms with E-state index >= 15 is 0 Å². The molecule has 0 unspecified atom stereocenters. The Bertz CT molecular complexity index is 1290. The highest BCUT2D eigenvalue weighted by Crippen LogP contribution is 2.60. The Hall–Kier alpha value is -3.61. The fourth-order valence-corrected chi connectivity index (χ4v) is 7.78. The molecule has 1 aliphatic heterocycles. The maximum Gasteiger partial charge on any atom is 0.335 e. The van der Waals surface area contributed by atoms with Gasteiger partial charge in [-0.3, -0.25) is 14.9 Å². The van der Waals surface area contributed by atoms with Gasteiger partial charge in [0.2, 0.25) is 0 Å². The van der Waals surface area contributed by atoms with Gasteiger partial charge < -0.3 is 9.47 Å². The molecule has 1 N–H and O–H groups in total. The summed E-state index contributed by atoms with van der Waals surface area (Å²) in [4.78, 5) is 40.0. The number of hydrogen-bond donors (Lipinski definition) is 1. The highest BCUT2D eigenvalue weighted by atomic mass is 16.5. The molecular formula is C30H32N2O5.